The van der Waals surface area contributed by atoms with Crippen molar-refractivity contribution in [3.05, 3.63) is 77.2 Å². The first-order valence-electron chi connectivity index (χ1n) is 9.46. The molecular weight excluding hydrogens is 323 g/mol. The number of benzene rings is 2. The topological polar surface area (TPSA) is 25.2 Å². The van der Waals surface area contributed by atoms with Crippen LogP contribution in [0.1, 0.15) is 48.8 Å². The summed E-state index contributed by atoms with van der Waals surface area (Å²) in [7, 11) is 0. The van der Waals surface area contributed by atoms with E-state index in [0.717, 1.165) is 47.0 Å². The Morgan fingerprint density at radius 2 is 1.77 bits per heavy atom. The van der Waals surface area contributed by atoms with Crippen molar-refractivity contribution in [2.24, 2.45) is 4.99 Å². The zero-order chi connectivity index (χ0) is 17.6. The van der Waals surface area contributed by atoms with Crippen molar-refractivity contribution in [3.63, 3.8) is 0 Å². The highest BCUT2D eigenvalue weighted by Gasteiger charge is 2.36. The summed E-state index contributed by atoms with van der Waals surface area (Å²) < 4.78 is 14.0. The van der Waals surface area contributed by atoms with Crippen LogP contribution >= 0.6 is 0 Å². The Morgan fingerprint density at radius 3 is 2.65 bits per heavy atom. The molecule has 1 aliphatic carbocycles. The number of nitrogens with zero attached hydrogens (tertiary/aromatic N) is 2. The van der Waals surface area contributed by atoms with Crippen LogP contribution in [0, 0.1) is 5.82 Å². The summed E-state index contributed by atoms with van der Waals surface area (Å²) in [6, 6.07) is 15.4. The van der Waals surface area contributed by atoms with Gasteiger partial charge >= 0.3 is 0 Å². The van der Waals surface area contributed by atoms with Crippen LogP contribution < -0.4 is 0 Å². The lowest BCUT2D eigenvalue weighted by Gasteiger charge is -2.38. The highest BCUT2D eigenvalue weighted by Crippen LogP contribution is 2.40. The van der Waals surface area contributed by atoms with Gasteiger partial charge in [-0.1, -0.05) is 43.5 Å². The standard InChI is InChI=1S/C23H21FN2/c24-19-9-8-17-14-23(10-4-1-5-11-23)26-22(20(17)13-19)18-12-16-6-2-3-7-21(16)25-15-18/h2-3,6-9,12-13,15H,1,4-5,10-11,14H2. The lowest BCUT2D eigenvalue weighted by molar-refractivity contribution is 0.294. The second-order valence-corrected chi connectivity index (χ2v) is 7.64. The molecule has 5 rings (SSSR count). The van der Waals surface area contributed by atoms with Gasteiger partial charge in [0.2, 0.25) is 0 Å². The van der Waals surface area contributed by atoms with Crippen molar-refractivity contribution in [3.8, 4) is 0 Å². The van der Waals surface area contributed by atoms with Gasteiger partial charge in [0, 0.05) is 22.7 Å². The minimum atomic E-state index is -0.204. The van der Waals surface area contributed by atoms with E-state index in [4.69, 9.17) is 4.99 Å². The van der Waals surface area contributed by atoms with Gasteiger partial charge in [-0.25, -0.2) is 4.39 Å². The number of aromatic nitrogens is 1. The van der Waals surface area contributed by atoms with Gasteiger partial charge in [0.15, 0.2) is 0 Å². The number of para-hydroxylation sites is 1. The second kappa shape index (κ2) is 6.01. The van der Waals surface area contributed by atoms with Crippen molar-refractivity contribution in [2.45, 2.75) is 44.1 Å². The maximum absolute atomic E-state index is 14.0. The molecule has 1 aliphatic heterocycles. The minimum absolute atomic E-state index is 0.0238. The molecule has 0 bridgehead atoms. The Hall–Kier alpha value is -2.55. The predicted molar refractivity (Wildman–Crippen MR) is 103 cm³/mol. The monoisotopic (exact) mass is 344 g/mol. The first-order valence-corrected chi connectivity index (χ1v) is 9.46. The van der Waals surface area contributed by atoms with Crippen molar-refractivity contribution >= 4 is 16.6 Å². The van der Waals surface area contributed by atoms with Crippen LogP contribution in [0.2, 0.25) is 0 Å². The largest absolute Gasteiger partial charge is 0.277 e. The summed E-state index contributed by atoms with van der Waals surface area (Å²) in [5.41, 5.74) is 4.99. The van der Waals surface area contributed by atoms with Gasteiger partial charge in [-0.05, 0) is 49.1 Å². The van der Waals surface area contributed by atoms with E-state index in [9.17, 15) is 4.39 Å². The molecule has 26 heavy (non-hydrogen) atoms. The van der Waals surface area contributed by atoms with E-state index in [0.29, 0.717) is 0 Å². The average Bonchev–Trinajstić information content (AvgIpc) is 2.68. The summed E-state index contributed by atoms with van der Waals surface area (Å²) in [6.45, 7) is 0. The number of hydrogen-bond donors (Lipinski definition) is 0. The molecule has 3 heteroatoms. The van der Waals surface area contributed by atoms with Crippen LogP contribution in [0.3, 0.4) is 0 Å². The Bertz CT molecular complexity index is 1020. The molecule has 2 nitrogen and oxygen atoms in total. The quantitative estimate of drug-likeness (QED) is 0.574. The first kappa shape index (κ1) is 15.7. The van der Waals surface area contributed by atoms with Gasteiger partial charge in [-0.3, -0.25) is 9.98 Å². The smallest absolute Gasteiger partial charge is 0.123 e. The molecule has 0 atom stereocenters. The summed E-state index contributed by atoms with van der Waals surface area (Å²) in [4.78, 5) is 9.85. The summed E-state index contributed by atoms with van der Waals surface area (Å²) in [5, 5.41) is 1.09. The molecule has 1 spiro atoms. The number of pyridine rings is 1. The Balaban J connectivity index is 1.70. The molecule has 0 N–H and O–H groups in total. The number of aliphatic imine (C=N–C) groups is 1. The summed E-state index contributed by atoms with van der Waals surface area (Å²) in [5.74, 6) is -0.204. The molecule has 2 aromatic carbocycles. The normalized spacial score (nSPS) is 18.6. The molecule has 0 radical (unpaired) electrons. The minimum Gasteiger partial charge on any atom is -0.277 e. The molecule has 1 aromatic heterocycles. The molecule has 0 saturated heterocycles. The molecule has 1 saturated carbocycles. The summed E-state index contributed by atoms with van der Waals surface area (Å²) in [6.07, 6.45) is 8.79. The molecule has 0 amide bonds. The van der Waals surface area contributed by atoms with Gasteiger partial charge in [-0.15, -0.1) is 0 Å². The number of fused-ring (bicyclic) bond motifs is 2. The fraction of sp³-hybridized carbons (Fsp3) is 0.304. The maximum atomic E-state index is 14.0. The van der Waals surface area contributed by atoms with Crippen molar-refractivity contribution in [1.29, 1.82) is 0 Å². The van der Waals surface area contributed by atoms with Crippen molar-refractivity contribution < 1.29 is 4.39 Å². The molecule has 0 unspecified atom stereocenters. The Kier molecular flexibility index (Phi) is 3.63. The Labute approximate surface area is 152 Å². The highest BCUT2D eigenvalue weighted by molar-refractivity contribution is 6.15. The fourth-order valence-electron chi connectivity index (χ4n) is 4.53. The third-order valence-corrected chi connectivity index (χ3v) is 5.84. The summed E-state index contributed by atoms with van der Waals surface area (Å²) >= 11 is 0. The van der Waals surface area contributed by atoms with Crippen molar-refractivity contribution in [1.82, 2.24) is 4.98 Å². The van der Waals surface area contributed by atoms with Gasteiger partial charge in [0.1, 0.15) is 5.82 Å². The van der Waals surface area contributed by atoms with E-state index in [1.807, 2.05) is 30.5 Å². The zero-order valence-electron chi connectivity index (χ0n) is 14.7. The van der Waals surface area contributed by atoms with Crippen LogP contribution in [-0.4, -0.2) is 16.2 Å². The van der Waals surface area contributed by atoms with Crippen LogP contribution in [0.4, 0.5) is 4.39 Å². The SMILES string of the molecule is Fc1ccc2c(c1)C(c1cnc3ccccc3c1)=NC1(CCCCC1)C2. The van der Waals surface area contributed by atoms with Gasteiger partial charge < -0.3 is 0 Å². The van der Waals surface area contributed by atoms with Crippen LogP contribution in [0.25, 0.3) is 10.9 Å². The van der Waals surface area contributed by atoms with Crippen molar-refractivity contribution in [2.75, 3.05) is 0 Å². The third-order valence-electron chi connectivity index (χ3n) is 5.84. The molecular formula is C23H21FN2. The lowest BCUT2D eigenvalue weighted by atomic mass is 9.74. The van der Waals surface area contributed by atoms with E-state index in [1.165, 1.54) is 24.8 Å². The highest BCUT2D eigenvalue weighted by atomic mass is 19.1. The molecule has 130 valence electrons. The average molecular weight is 344 g/mol. The maximum Gasteiger partial charge on any atom is 0.123 e. The van der Waals surface area contributed by atoms with Crippen LogP contribution in [0.5, 0.6) is 0 Å². The second-order valence-electron chi connectivity index (χ2n) is 7.64. The van der Waals surface area contributed by atoms with E-state index in [1.54, 1.807) is 12.1 Å². The van der Waals surface area contributed by atoms with E-state index < -0.39 is 0 Å². The first-order chi connectivity index (χ1) is 12.7. The van der Waals surface area contributed by atoms with Crippen LogP contribution in [0.15, 0.2) is 59.7 Å². The Morgan fingerprint density at radius 1 is 0.923 bits per heavy atom. The molecule has 1 fully saturated rings. The lowest BCUT2D eigenvalue weighted by Crippen LogP contribution is -2.37. The molecule has 2 heterocycles. The molecule has 3 aromatic rings. The third kappa shape index (κ3) is 2.63. The number of rotatable bonds is 1. The van der Waals surface area contributed by atoms with E-state index >= 15 is 0 Å². The van der Waals surface area contributed by atoms with Gasteiger partial charge in [0.05, 0.1) is 16.8 Å². The number of hydrogen-bond acceptors (Lipinski definition) is 2. The van der Waals surface area contributed by atoms with Gasteiger partial charge in [-0.2, -0.15) is 0 Å². The zero-order valence-corrected chi connectivity index (χ0v) is 14.7. The van der Waals surface area contributed by atoms with Crippen LogP contribution in [-0.2, 0) is 6.42 Å². The fourth-order valence-corrected chi connectivity index (χ4v) is 4.53. The predicted octanol–water partition coefficient (Wildman–Crippen LogP) is 5.47. The molecule has 2 aliphatic rings. The van der Waals surface area contributed by atoms with Gasteiger partial charge in [0.25, 0.3) is 0 Å². The van der Waals surface area contributed by atoms with E-state index in [2.05, 4.69) is 17.1 Å². The number of halogens is 1. The van der Waals surface area contributed by atoms with E-state index in [-0.39, 0.29) is 11.4 Å².